The van der Waals surface area contributed by atoms with E-state index in [9.17, 15) is 0 Å². The summed E-state index contributed by atoms with van der Waals surface area (Å²) >= 11 is 0. The van der Waals surface area contributed by atoms with Crippen LogP contribution in [0.1, 0.15) is 25.8 Å². The van der Waals surface area contributed by atoms with E-state index in [0.717, 1.165) is 19.6 Å². The molecule has 0 aliphatic heterocycles. The summed E-state index contributed by atoms with van der Waals surface area (Å²) in [6, 6.07) is 8.90. The van der Waals surface area contributed by atoms with Crippen molar-refractivity contribution in [2.75, 3.05) is 25.5 Å². The van der Waals surface area contributed by atoms with E-state index in [2.05, 4.69) is 54.1 Å². The lowest BCUT2D eigenvalue weighted by atomic mass is 10.1. The predicted octanol–water partition coefficient (Wildman–Crippen LogP) is 2.21. The first kappa shape index (κ1) is 14.0. The van der Waals surface area contributed by atoms with Crippen molar-refractivity contribution in [3.8, 4) is 0 Å². The van der Waals surface area contributed by atoms with E-state index >= 15 is 0 Å². The molecule has 1 atom stereocenters. The molecule has 0 heterocycles. The van der Waals surface area contributed by atoms with Crippen molar-refractivity contribution in [2.45, 2.75) is 32.9 Å². The monoisotopic (exact) mass is 235 g/mol. The molecular weight excluding hydrogens is 210 g/mol. The van der Waals surface area contributed by atoms with Gasteiger partial charge in [0.1, 0.15) is 0 Å². The summed E-state index contributed by atoms with van der Waals surface area (Å²) in [5.41, 5.74) is 2.52. The molecule has 1 aromatic carbocycles. The van der Waals surface area contributed by atoms with Gasteiger partial charge in [-0.05, 0) is 31.5 Å². The number of hydrogen-bond donors (Lipinski definition) is 3. The van der Waals surface area contributed by atoms with Crippen LogP contribution < -0.4 is 16.0 Å². The smallest absolute Gasteiger partial charge is 0.0383 e. The Balaban J connectivity index is 2.33. The summed E-state index contributed by atoms with van der Waals surface area (Å²) in [5.74, 6) is 0. The van der Waals surface area contributed by atoms with E-state index < -0.39 is 0 Å². The average Bonchev–Trinajstić information content (AvgIpc) is 2.37. The molecule has 3 nitrogen and oxygen atoms in total. The number of anilines is 1. The van der Waals surface area contributed by atoms with Gasteiger partial charge < -0.3 is 16.0 Å². The van der Waals surface area contributed by atoms with Gasteiger partial charge >= 0.3 is 0 Å². The molecule has 0 saturated carbocycles. The zero-order valence-corrected chi connectivity index (χ0v) is 11.2. The quantitative estimate of drug-likeness (QED) is 0.605. The largest absolute Gasteiger partial charge is 0.388 e. The Labute approximate surface area is 105 Å². The van der Waals surface area contributed by atoms with Crippen LogP contribution in [0, 0.1) is 0 Å². The Bertz CT molecular complexity index is 312. The van der Waals surface area contributed by atoms with Crippen LogP contribution in [0.5, 0.6) is 0 Å². The standard InChI is InChI=1S/C14H25N3/c1-4-9-16-10-12(2)17-11-13-7-5-6-8-14(13)15-3/h5-8,12,15-17H,4,9-11H2,1-3H3. The molecule has 0 bridgehead atoms. The molecule has 0 radical (unpaired) electrons. The van der Waals surface area contributed by atoms with Crippen LogP contribution in [0.3, 0.4) is 0 Å². The van der Waals surface area contributed by atoms with Gasteiger partial charge in [0, 0.05) is 31.9 Å². The van der Waals surface area contributed by atoms with Crippen LogP contribution >= 0.6 is 0 Å². The molecule has 3 N–H and O–H groups in total. The average molecular weight is 235 g/mol. The lowest BCUT2D eigenvalue weighted by Crippen LogP contribution is -2.36. The second-order valence-electron chi connectivity index (χ2n) is 4.39. The van der Waals surface area contributed by atoms with Crippen molar-refractivity contribution < 1.29 is 0 Å². The van der Waals surface area contributed by atoms with Crippen LogP contribution in [-0.2, 0) is 6.54 Å². The minimum atomic E-state index is 0.492. The summed E-state index contributed by atoms with van der Waals surface area (Å²) in [7, 11) is 1.96. The van der Waals surface area contributed by atoms with E-state index in [0.29, 0.717) is 6.04 Å². The molecule has 0 aliphatic rings. The Morgan fingerprint density at radius 1 is 1.24 bits per heavy atom. The van der Waals surface area contributed by atoms with Crippen molar-refractivity contribution in [3.63, 3.8) is 0 Å². The van der Waals surface area contributed by atoms with Crippen molar-refractivity contribution in [2.24, 2.45) is 0 Å². The second-order valence-corrected chi connectivity index (χ2v) is 4.39. The first-order valence-corrected chi connectivity index (χ1v) is 6.47. The highest BCUT2D eigenvalue weighted by Gasteiger charge is 2.03. The zero-order valence-electron chi connectivity index (χ0n) is 11.2. The molecule has 3 heteroatoms. The SMILES string of the molecule is CCCNCC(C)NCc1ccccc1NC. The Morgan fingerprint density at radius 3 is 2.71 bits per heavy atom. The van der Waals surface area contributed by atoms with Gasteiger partial charge in [0.25, 0.3) is 0 Å². The van der Waals surface area contributed by atoms with Crippen LogP contribution in [0.4, 0.5) is 5.69 Å². The molecule has 0 aliphatic carbocycles. The summed E-state index contributed by atoms with van der Waals surface area (Å²) in [5, 5.41) is 10.2. The van der Waals surface area contributed by atoms with Gasteiger partial charge in [-0.3, -0.25) is 0 Å². The fourth-order valence-electron chi connectivity index (χ4n) is 1.77. The molecular formula is C14H25N3. The summed E-state index contributed by atoms with van der Waals surface area (Å²) in [6.45, 7) is 7.43. The minimum absolute atomic E-state index is 0.492. The first-order chi connectivity index (χ1) is 8.27. The molecule has 1 aromatic rings. The molecule has 17 heavy (non-hydrogen) atoms. The molecule has 0 aromatic heterocycles. The molecule has 0 spiro atoms. The number of rotatable bonds is 8. The molecule has 0 saturated heterocycles. The van der Waals surface area contributed by atoms with E-state index in [1.807, 2.05) is 7.05 Å². The highest BCUT2D eigenvalue weighted by atomic mass is 15.0. The van der Waals surface area contributed by atoms with Crippen molar-refractivity contribution in [1.82, 2.24) is 10.6 Å². The second kappa shape index (κ2) is 8.09. The Kier molecular flexibility index (Phi) is 6.67. The minimum Gasteiger partial charge on any atom is -0.388 e. The first-order valence-electron chi connectivity index (χ1n) is 6.47. The topological polar surface area (TPSA) is 36.1 Å². The van der Waals surface area contributed by atoms with Crippen molar-refractivity contribution in [1.29, 1.82) is 0 Å². The highest BCUT2D eigenvalue weighted by Crippen LogP contribution is 2.13. The number of para-hydroxylation sites is 1. The van der Waals surface area contributed by atoms with Gasteiger partial charge in [-0.15, -0.1) is 0 Å². The van der Waals surface area contributed by atoms with Crippen LogP contribution in [0.25, 0.3) is 0 Å². The third-order valence-electron chi connectivity index (χ3n) is 2.80. The molecule has 1 rings (SSSR count). The van der Waals surface area contributed by atoms with Gasteiger partial charge in [-0.2, -0.15) is 0 Å². The van der Waals surface area contributed by atoms with Gasteiger partial charge in [0.15, 0.2) is 0 Å². The Morgan fingerprint density at radius 2 is 2.00 bits per heavy atom. The maximum Gasteiger partial charge on any atom is 0.0383 e. The lowest BCUT2D eigenvalue weighted by molar-refractivity contribution is 0.501. The van der Waals surface area contributed by atoms with Gasteiger partial charge in [-0.1, -0.05) is 25.1 Å². The van der Waals surface area contributed by atoms with Crippen LogP contribution in [0.15, 0.2) is 24.3 Å². The fourth-order valence-corrected chi connectivity index (χ4v) is 1.77. The van der Waals surface area contributed by atoms with E-state index in [1.54, 1.807) is 0 Å². The highest BCUT2D eigenvalue weighted by molar-refractivity contribution is 5.50. The molecule has 0 amide bonds. The maximum atomic E-state index is 3.53. The van der Waals surface area contributed by atoms with Gasteiger partial charge in [0.2, 0.25) is 0 Å². The third-order valence-corrected chi connectivity index (χ3v) is 2.80. The van der Waals surface area contributed by atoms with E-state index in [4.69, 9.17) is 0 Å². The number of benzene rings is 1. The van der Waals surface area contributed by atoms with Crippen molar-refractivity contribution >= 4 is 5.69 Å². The maximum absolute atomic E-state index is 3.53. The number of nitrogens with one attached hydrogen (secondary N) is 3. The summed E-state index contributed by atoms with van der Waals surface area (Å²) in [6.07, 6.45) is 1.19. The van der Waals surface area contributed by atoms with E-state index in [1.165, 1.54) is 17.7 Å². The Hall–Kier alpha value is -1.06. The van der Waals surface area contributed by atoms with Crippen LogP contribution in [0.2, 0.25) is 0 Å². The zero-order chi connectivity index (χ0) is 12.5. The fraction of sp³-hybridized carbons (Fsp3) is 0.571. The normalized spacial score (nSPS) is 12.4. The predicted molar refractivity (Wildman–Crippen MR) is 75.5 cm³/mol. The molecule has 0 fully saturated rings. The lowest BCUT2D eigenvalue weighted by Gasteiger charge is -2.16. The van der Waals surface area contributed by atoms with Crippen LogP contribution in [-0.4, -0.2) is 26.2 Å². The summed E-state index contributed by atoms with van der Waals surface area (Å²) in [4.78, 5) is 0. The van der Waals surface area contributed by atoms with E-state index in [-0.39, 0.29) is 0 Å². The van der Waals surface area contributed by atoms with Crippen molar-refractivity contribution in [3.05, 3.63) is 29.8 Å². The molecule has 96 valence electrons. The van der Waals surface area contributed by atoms with Gasteiger partial charge in [-0.25, -0.2) is 0 Å². The molecule has 1 unspecified atom stereocenters. The third kappa shape index (κ3) is 5.20. The summed E-state index contributed by atoms with van der Waals surface area (Å²) < 4.78 is 0. The number of hydrogen-bond acceptors (Lipinski definition) is 3. The van der Waals surface area contributed by atoms with Gasteiger partial charge in [0.05, 0.1) is 0 Å².